The molecule has 0 unspecified atom stereocenters. The fourth-order valence-electron chi connectivity index (χ4n) is 5.48. The number of aliphatic hydroxyl groups excluding tert-OH is 1. The third kappa shape index (κ3) is 8.82. The van der Waals surface area contributed by atoms with Crippen molar-refractivity contribution in [3.05, 3.63) is 139 Å². The van der Waals surface area contributed by atoms with Crippen LogP contribution in [-0.4, -0.2) is 35.7 Å². The van der Waals surface area contributed by atoms with Crippen LogP contribution in [0.3, 0.4) is 0 Å². The number of nitrogens with one attached hydrogen (secondary N) is 1. The summed E-state index contributed by atoms with van der Waals surface area (Å²) in [7, 11) is 0. The zero-order valence-electron chi connectivity index (χ0n) is 26.4. The molecule has 0 spiro atoms. The lowest BCUT2D eigenvalue weighted by atomic mass is 9.81. The van der Waals surface area contributed by atoms with Crippen LogP contribution in [0.25, 0.3) is 10.4 Å². The third-order valence-corrected chi connectivity index (χ3v) is 8.42. The van der Waals surface area contributed by atoms with E-state index in [1.54, 1.807) is 66.7 Å². The number of hydrogen-bond acceptors (Lipinski definition) is 6. The number of halogens is 7. The van der Waals surface area contributed by atoms with Gasteiger partial charge in [-0.3, -0.25) is 4.79 Å². The van der Waals surface area contributed by atoms with Gasteiger partial charge in [0.25, 0.3) is 5.91 Å². The number of benzene rings is 4. The highest BCUT2D eigenvalue weighted by atomic mass is 79.9. The minimum absolute atomic E-state index is 0.00730. The van der Waals surface area contributed by atoms with Crippen LogP contribution in [0.15, 0.2) is 106 Å². The quantitative estimate of drug-likeness (QED) is 0.0489. The zero-order valence-corrected chi connectivity index (χ0v) is 28.0. The van der Waals surface area contributed by atoms with Crippen molar-refractivity contribution < 1.29 is 45.7 Å². The van der Waals surface area contributed by atoms with Crippen molar-refractivity contribution in [3.63, 3.8) is 0 Å². The highest BCUT2D eigenvalue weighted by Crippen LogP contribution is 2.46. The zero-order chi connectivity index (χ0) is 36.8. The van der Waals surface area contributed by atoms with Gasteiger partial charge in [0, 0.05) is 52.2 Å². The van der Waals surface area contributed by atoms with Gasteiger partial charge in [0.15, 0.2) is 11.6 Å². The van der Waals surface area contributed by atoms with Crippen LogP contribution in [0.4, 0.5) is 32.0 Å². The number of hydrogen-bond donors (Lipinski definition) is 2. The van der Waals surface area contributed by atoms with Crippen molar-refractivity contribution in [2.45, 2.75) is 43.4 Å². The van der Waals surface area contributed by atoms with Crippen LogP contribution in [0, 0.1) is 0 Å². The average molecular weight is 777 g/mol. The Morgan fingerprint density at radius 1 is 0.961 bits per heavy atom. The molecule has 9 nitrogen and oxygen atoms in total. The van der Waals surface area contributed by atoms with Gasteiger partial charge in [-0.1, -0.05) is 57.4 Å². The van der Waals surface area contributed by atoms with Crippen molar-refractivity contribution in [2.75, 3.05) is 13.2 Å². The molecule has 1 amide bonds. The molecular weight excluding hydrogens is 748 g/mol. The minimum atomic E-state index is -5.09. The van der Waals surface area contributed by atoms with Crippen molar-refractivity contribution in [3.8, 4) is 5.75 Å². The van der Waals surface area contributed by atoms with Crippen LogP contribution >= 0.6 is 15.9 Å². The van der Waals surface area contributed by atoms with E-state index in [0.29, 0.717) is 35.4 Å². The van der Waals surface area contributed by atoms with Gasteiger partial charge >= 0.3 is 12.4 Å². The lowest BCUT2D eigenvalue weighted by molar-refractivity contribution is -0.143. The van der Waals surface area contributed by atoms with Gasteiger partial charge in [-0.15, -0.1) is 0 Å². The summed E-state index contributed by atoms with van der Waals surface area (Å²) in [4.78, 5) is 22.2. The third-order valence-electron chi connectivity index (χ3n) is 7.89. The fourth-order valence-corrected chi connectivity index (χ4v) is 5.74. The molecule has 5 rings (SSSR count). The number of ether oxygens (including phenoxy) is 2. The van der Waals surface area contributed by atoms with Crippen LogP contribution in [0.2, 0.25) is 0 Å². The van der Waals surface area contributed by atoms with Crippen LogP contribution in [0.5, 0.6) is 5.75 Å². The van der Waals surface area contributed by atoms with Gasteiger partial charge < -0.3 is 19.9 Å². The molecule has 0 saturated heterocycles. The van der Waals surface area contributed by atoms with Gasteiger partial charge in [0.2, 0.25) is 5.90 Å². The van der Waals surface area contributed by atoms with Crippen molar-refractivity contribution in [2.24, 2.45) is 10.1 Å². The van der Waals surface area contributed by atoms with Crippen LogP contribution in [0.1, 0.15) is 45.9 Å². The topological polar surface area (TPSA) is 129 Å². The average Bonchev–Trinajstić information content (AvgIpc) is 3.48. The molecule has 0 aliphatic carbocycles. The molecule has 1 aliphatic rings. The Hall–Kier alpha value is -5.05. The SMILES string of the molecule is [N-]=[N+]=Nc1ccccc1[C@H]1OC(c2ccc(OCCCO)cc2)=N[C@@]1(Cc1ccc(Br)cc1)C(=O)NCc1cc(C(F)(F)F)cc(C(F)(F)F)c1. The van der Waals surface area contributed by atoms with Crippen LogP contribution in [-0.2, 0) is 34.8 Å². The van der Waals surface area contributed by atoms with Crippen molar-refractivity contribution in [1.82, 2.24) is 5.32 Å². The van der Waals surface area contributed by atoms with Crippen LogP contribution < -0.4 is 10.1 Å². The summed E-state index contributed by atoms with van der Waals surface area (Å²) < 4.78 is 94.4. The summed E-state index contributed by atoms with van der Waals surface area (Å²) in [5, 5.41) is 15.3. The van der Waals surface area contributed by atoms with Gasteiger partial charge in [0.1, 0.15) is 5.75 Å². The Morgan fingerprint density at radius 3 is 2.22 bits per heavy atom. The number of carbonyl (C=O) groups excluding carboxylic acids is 1. The summed E-state index contributed by atoms with van der Waals surface area (Å²) in [5.41, 5.74) is 5.24. The molecule has 16 heteroatoms. The monoisotopic (exact) mass is 775 g/mol. The maximum Gasteiger partial charge on any atom is 0.416 e. The highest BCUT2D eigenvalue weighted by molar-refractivity contribution is 9.10. The molecule has 0 radical (unpaired) electrons. The standard InChI is InChI=1S/C35H28BrF6N5O4/c36-26-10-6-21(7-11-26)19-33(32(49)44-20-22-16-24(34(37,38)39)18-25(17-22)35(40,41)42)30(28-4-1-2-5-29(28)46-47-43)51-31(45-33)23-8-12-27(13-9-23)50-15-3-14-48/h1-2,4-13,16-18,30,48H,3,14-15,19-20H2,(H,44,49)/t30-,33-/m1/s1. The molecule has 0 aromatic heterocycles. The Bertz CT molecular complexity index is 1920. The molecule has 4 aromatic rings. The normalized spacial score (nSPS) is 17.3. The molecular formula is C35H28BrF6N5O4. The first-order chi connectivity index (χ1) is 24.2. The Labute approximate surface area is 295 Å². The van der Waals surface area contributed by atoms with E-state index in [1.807, 2.05) is 0 Å². The molecule has 4 aromatic carbocycles. The minimum Gasteiger partial charge on any atom is -0.494 e. The Balaban J connectivity index is 1.62. The predicted molar refractivity (Wildman–Crippen MR) is 178 cm³/mol. The van der Waals surface area contributed by atoms with E-state index < -0.39 is 53.1 Å². The van der Waals surface area contributed by atoms with E-state index in [4.69, 9.17) is 19.6 Å². The number of alkyl halides is 6. The number of rotatable bonds is 12. The van der Waals surface area contributed by atoms with Gasteiger partial charge in [-0.25, -0.2) is 4.99 Å². The summed E-state index contributed by atoms with van der Waals surface area (Å²) in [6, 6.07) is 20.7. The Kier molecular flexibility index (Phi) is 11.3. The lowest BCUT2D eigenvalue weighted by Gasteiger charge is -2.31. The van der Waals surface area contributed by atoms with Crippen molar-refractivity contribution in [1.29, 1.82) is 0 Å². The number of azide groups is 1. The first-order valence-electron chi connectivity index (χ1n) is 15.3. The highest BCUT2D eigenvalue weighted by Gasteiger charge is 2.54. The molecule has 0 saturated carbocycles. The second-order valence-corrected chi connectivity index (χ2v) is 12.4. The maximum absolute atomic E-state index is 14.5. The molecule has 2 N–H and O–H groups in total. The summed E-state index contributed by atoms with van der Waals surface area (Å²) >= 11 is 3.37. The van der Waals surface area contributed by atoms with E-state index in [9.17, 15) is 36.7 Å². The van der Waals surface area contributed by atoms with E-state index in [-0.39, 0.29) is 42.8 Å². The lowest BCUT2D eigenvalue weighted by Crippen LogP contribution is -2.49. The predicted octanol–water partition coefficient (Wildman–Crippen LogP) is 9.01. The first kappa shape index (κ1) is 37.2. The van der Waals surface area contributed by atoms with E-state index >= 15 is 0 Å². The summed E-state index contributed by atoms with van der Waals surface area (Å²) in [6.07, 6.45) is -11.2. The van der Waals surface area contributed by atoms with Gasteiger partial charge in [-0.2, -0.15) is 26.3 Å². The number of carbonyl (C=O) groups is 1. The second kappa shape index (κ2) is 15.5. The smallest absolute Gasteiger partial charge is 0.416 e. The summed E-state index contributed by atoms with van der Waals surface area (Å²) in [5.74, 6) is -0.409. The number of aliphatic hydroxyl groups is 1. The van der Waals surface area contributed by atoms with E-state index in [0.717, 1.165) is 4.47 Å². The first-order valence-corrected chi connectivity index (χ1v) is 16.1. The fraction of sp³-hybridized carbons (Fsp3) is 0.257. The molecule has 0 fully saturated rings. The second-order valence-electron chi connectivity index (χ2n) is 11.4. The number of aliphatic imine (C=N–C) groups is 1. The largest absolute Gasteiger partial charge is 0.494 e. The van der Waals surface area contributed by atoms with Gasteiger partial charge in [0.05, 0.1) is 17.7 Å². The van der Waals surface area contributed by atoms with E-state index in [2.05, 4.69) is 31.3 Å². The van der Waals surface area contributed by atoms with Gasteiger partial charge in [-0.05, 0) is 71.3 Å². The molecule has 1 heterocycles. The molecule has 2 atom stereocenters. The molecule has 1 aliphatic heterocycles. The number of amides is 1. The molecule has 0 bridgehead atoms. The summed E-state index contributed by atoms with van der Waals surface area (Å²) in [6.45, 7) is -0.511. The molecule has 51 heavy (non-hydrogen) atoms. The number of nitrogens with zero attached hydrogens (tertiary/aromatic N) is 4. The van der Waals surface area contributed by atoms with E-state index in [1.165, 1.54) is 6.07 Å². The van der Waals surface area contributed by atoms with Crippen molar-refractivity contribution >= 4 is 33.4 Å². The molecule has 266 valence electrons. The Morgan fingerprint density at radius 2 is 1.61 bits per heavy atom. The maximum atomic E-state index is 14.5.